The zero-order chi connectivity index (χ0) is 22.1. The molecule has 0 amide bonds. The summed E-state index contributed by atoms with van der Waals surface area (Å²) in [6.45, 7) is 0. The number of carbonyl (C=O) groups is 2. The number of allylic oxidation sites excluding steroid dienone is 2. The van der Waals surface area contributed by atoms with Gasteiger partial charge in [-0.05, 0) is 53.8 Å². The van der Waals surface area contributed by atoms with E-state index in [-0.39, 0.29) is 23.9 Å². The van der Waals surface area contributed by atoms with Crippen LogP contribution in [0.1, 0.15) is 50.2 Å². The topological polar surface area (TPSA) is 64.6 Å². The zero-order valence-corrected chi connectivity index (χ0v) is 17.7. The largest absolute Gasteiger partial charge is 0.465 e. The van der Waals surface area contributed by atoms with Crippen molar-refractivity contribution < 1.29 is 19.1 Å². The normalized spacial score (nSPS) is 20.6. The lowest BCUT2D eigenvalue weighted by atomic mass is 9.76. The summed E-state index contributed by atoms with van der Waals surface area (Å²) in [5.41, 5.74) is 4.08. The molecule has 3 atom stereocenters. The van der Waals surface area contributed by atoms with E-state index < -0.39 is 0 Å². The van der Waals surface area contributed by atoms with Crippen molar-refractivity contribution in [2.24, 2.45) is 5.92 Å². The molecule has 0 spiro atoms. The minimum absolute atomic E-state index is 0.0205. The monoisotopic (exact) mass is 425 g/mol. The van der Waals surface area contributed by atoms with Crippen LogP contribution in [-0.2, 0) is 4.74 Å². The van der Waals surface area contributed by atoms with E-state index in [1.807, 2.05) is 36.4 Å². The van der Waals surface area contributed by atoms with Gasteiger partial charge >= 0.3 is 11.9 Å². The van der Waals surface area contributed by atoms with Crippen LogP contribution in [0, 0.1) is 5.92 Å². The molecular formula is C27H23NO4. The Hall–Kier alpha value is -3.86. The molecule has 0 unspecified atom stereocenters. The molecule has 1 aliphatic carbocycles. The van der Waals surface area contributed by atoms with Gasteiger partial charge in [-0.1, -0.05) is 54.6 Å². The summed E-state index contributed by atoms with van der Waals surface area (Å²) in [6.07, 6.45) is 5.39. The molecule has 0 saturated heterocycles. The van der Waals surface area contributed by atoms with Gasteiger partial charge in [0.25, 0.3) is 0 Å². The van der Waals surface area contributed by atoms with Crippen LogP contribution >= 0.6 is 0 Å². The maximum atomic E-state index is 12.4. The molecule has 1 N–H and O–H groups in total. The van der Waals surface area contributed by atoms with Gasteiger partial charge in [0.05, 0.1) is 30.0 Å². The summed E-state index contributed by atoms with van der Waals surface area (Å²) in [5, 5.41) is 3.61. The Balaban J connectivity index is 1.42. The molecule has 1 aliphatic heterocycles. The number of hydrogen-bond donors (Lipinski definition) is 1. The predicted octanol–water partition coefficient (Wildman–Crippen LogP) is 5.52. The Labute approximate surface area is 186 Å². The van der Waals surface area contributed by atoms with E-state index in [4.69, 9.17) is 9.47 Å². The summed E-state index contributed by atoms with van der Waals surface area (Å²) in [6, 6.07) is 22.3. The van der Waals surface area contributed by atoms with Crippen molar-refractivity contribution in [3.05, 3.63) is 107 Å². The summed E-state index contributed by atoms with van der Waals surface area (Å²) < 4.78 is 10.5. The first-order valence-corrected chi connectivity index (χ1v) is 10.7. The third-order valence-electron chi connectivity index (χ3n) is 6.26. The molecule has 32 heavy (non-hydrogen) atoms. The van der Waals surface area contributed by atoms with Crippen molar-refractivity contribution >= 4 is 17.6 Å². The second-order valence-corrected chi connectivity index (χ2v) is 8.06. The molecule has 3 aromatic carbocycles. The van der Waals surface area contributed by atoms with Crippen molar-refractivity contribution in [1.82, 2.24) is 0 Å². The standard InChI is InChI=1S/C27H23NO4/c1-31-27(30)23-12-6-11-22-20-9-5-10-21(20)24(28-25(22)23)17-13-15-19(16-14-17)32-26(29)18-7-3-2-4-8-18/h2-9,11-16,20-21,24,28H,10H2,1H3/t20-,21+,24+/m1/s1. The lowest BCUT2D eigenvalue weighted by Gasteiger charge is -2.38. The molecule has 5 nitrogen and oxygen atoms in total. The minimum atomic E-state index is -0.383. The Kier molecular flexibility index (Phi) is 5.23. The average Bonchev–Trinajstić information content (AvgIpc) is 3.34. The number of methoxy groups -OCH3 is 1. The van der Waals surface area contributed by atoms with Crippen molar-refractivity contribution in [3.8, 4) is 5.75 Å². The fourth-order valence-electron chi connectivity index (χ4n) is 4.71. The van der Waals surface area contributed by atoms with Gasteiger partial charge in [-0.25, -0.2) is 9.59 Å². The van der Waals surface area contributed by atoms with Gasteiger partial charge in [-0.2, -0.15) is 0 Å². The van der Waals surface area contributed by atoms with Crippen LogP contribution in [-0.4, -0.2) is 19.0 Å². The Morgan fingerprint density at radius 2 is 1.69 bits per heavy atom. The predicted molar refractivity (Wildman–Crippen MR) is 122 cm³/mol. The highest BCUT2D eigenvalue weighted by Gasteiger charge is 2.39. The van der Waals surface area contributed by atoms with Gasteiger partial charge in [-0.15, -0.1) is 0 Å². The number of benzene rings is 3. The molecule has 1 heterocycles. The van der Waals surface area contributed by atoms with Crippen LogP contribution in [0.2, 0.25) is 0 Å². The van der Waals surface area contributed by atoms with Crippen LogP contribution < -0.4 is 10.1 Å². The average molecular weight is 425 g/mol. The molecule has 0 aromatic heterocycles. The van der Waals surface area contributed by atoms with E-state index in [0.29, 0.717) is 22.8 Å². The van der Waals surface area contributed by atoms with E-state index >= 15 is 0 Å². The molecule has 160 valence electrons. The van der Waals surface area contributed by atoms with Crippen molar-refractivity contribution in [1.29, 1.82) is 0 Å². The first-order valence-electron chi connectivity index (χ1n) is 10.7. The number of para-hydroxylation sites is 1. The van der Waals surface area contributed by atoms with E-state index in [9.17, 15) is 9.59 Å². The van der Waals surface area contributed by atoms with Crippen LogP contribution in [0.3, 0.4) is 0 Å². The van der Waals surface area contributed by atoms with Crippen molar-refractivity contribution in [3.63, 3.8) is 0 Å². The first kappa shape index (κ1) is 20.1. The smallest absolute Gasteiger partial charge is 0.343 e. The lowest BCUT2D eigenvalue weighted by Crippen LogP contribution is -2.30. The van der Waals surface area contributed by atoms with Crippen LogP contribution in [0.15, 0.2) is 84.9 Å². The zero-order valence-electron chi connectivity index (χ0n) is 17.7. The Morgan fingerprint density at radius 3 is 2.44 bits per heavy atom. The van der Waals surface area contributed by atoms with Crippen LogP contribution in [0.25, 0.3) is 0 Å². The van der Waals surface area contributed by atoms with Gasteiger partial charge in [0.15, 0.2) is 0 Å². The quantitative estimate of drug-likeness (QED) is 0.339. The Morgan fingerprint density at radius 1 is 0.906 bits per heavy atom. The molecular weight excluding hydrogens is 402 g/mol. The number of esters is 2. The number of fused-ring (bicyclic) bond motifs is 3. The summed E-state index contributed by atoms with van der Waals surface area (Å²) >= 11 is 0. The van der Waals surface area contributed by atoms with E-state index in [1.165, 1.54) is 7.11 Å². The highest BCUT2D eigenvalue weighted by atomic mass is 16.5. The van der Waals surface area contributed by atoms with Gasteiger partial charge in [0.1, 0.15) is 5.75 Å². The molecule has 0 fully saturated rings. The fourth-order valence-corrected chi connectivity index (χ4v) is 4.71. The minimum Gasteiger partial charge on any atom is -0.465 e. The maximum Gasteiger partial charge on any atom is 0.343 e. The van der Waals surface area contributed by atoms with E-state index in [2.05, 4.69) is 23.5 Å². The molecule has 3 aromatic rings. The van der Waals surface area contributed by atoms with Gasteiger partial charge in [-0.3, -0.25) is 0 Å². The number of hydrogen-bond acceptors (Lipinski definition) is 5. The van der Waals surface area contributed by atoms with Crippen LogP contribution in [0.5, 0.6) is 5.75 Å². The Bertz CT molecular complexity index is 1180. The number of carbonyl (C=O) groups excluding carboxylic acids is 2. The van der Waals surface area contributed by atoms with Gasteiger partial charge in [0.2, 0.25) is 0 Å². The maximum absolute atomic E-state index is 12.4. The first-order chi connectivity index (χ1) is 15.7. The fraction of sp³-hybridized carbons (Fsp3) is 0.185. The molecule has 2 aliphatic rings. The number of rotatable bonds is 4. The van der Waals surface area contributed by atoms with Gasteiger partial charge < -0.3 is 14.8 Å². The lowest BCUT2D eigenvalue weighted by molar-refractivity contribution is 0.0600. The number of ether oxygens (including phenoxy) is 2. The van der Waals surface area contributed by atoms with E-state index in [1.54, 1.807) is 30.3 Å². The van der Waals surface area contributed by atoms with Crippen LogP contribution in [0.4, 0.5) is 5.69 Å². The second-order valence-electron chi connectivity index (χ2n) is 8.06. The molecule has 0 radical (unpaired) electrons. The number of nitrogens with one attached hydrogen (secondary N) is 1. The number of anilines is 1. The molecule has 5 rings (SSSR count). The van der Waals surface area contributed by atoms with Gasteiger partial charge in [0, 0.05) is 5.92 Å². The van der Waals surface area contributed by atoms with E-state index in [0.717, 1.165) is 23.2 Å². The highest BCUT2D eigenvalue weighted by molar-refractivity contribution is 5.97. The summed E-state index contributed by atoms with van der Waals surface area (Å²) in [4.78, 5) is 24.7. The molecule has 0 bridgehead atoms. The van der Waals surface area contributed by atoms with Crippen molar-refractivity contribution in [2.75, 3.05) is 12.4 Å². The molecule has 0 saturated carbocycles. The summed E-state index contributed by atoms with van der Waals surface area (Å²) in [5.74, 6) is 0.335. The molecule has 5 heteroatoms. The summed E-state index contributed by atoms with van der Waals surface area (Å²) in [7, 11) is 1.40. The third-order valence-corrected chi connectivity index (χ3v) is 6.26. The van der Waals surface area contributed by atoms with Crippen molar-refractivity contribution in [2.45, 2.75) is 18.4 Å². The third kappa shape index (κ3) is 3.56. The second kappa shape index (κ2) is 8.35. The highest BCUT2D eigenvalue weighted by Crippen LogP contribution is 2.50. The SMILES string of the molecule is COC(=O)c1cccc2c1N[C@@H](c1ccc(OC(=O)c3ccccc3)cc1)[C@H]1CC=C[C@@H]21.